The standard InChI is InChI=1S/C26H28FN3O5S/c1-17-6-7-20(19(3)18(17)2)15-28-29-26(31)16-30(22-10-8-21(27)9-11-22)36(32,33)23-12-13-24(34-4)25(14-23)35-5/h6-15H,16H2,1-5H3,(H,29,31)/b28-15-. The molecule has 0 atom stereocenters. The number of benzene rings is 3. The molecule has 190 valence electrons. The van der Waals surface area contributed by atoms with Crippen LogP contribution >= 0.6 is 0 Å². The molecular weight excluding hydrogens is 485 g/mol. The van der Waals surface area contributed by atoms with Crippen LogP contribution in [-0.2, 0) is 14.8 Å². The molecular formula is C26H28FN3O5S. The van der Waals surface area contributed by atoms with Gasteiger partial charge in [-0.2, -0.15) is 5.10 Å². The third-order valence-corrected chi connectivity index (χ3v) is 7.61. The van der Waals surface area contributed by atoms with E-state index in [2.05, 4.69) is 10.5 Å². The fourth-order valence-electron chi connectivity index (χ4n) is 3.48. The first-order valence-corrected chi connectivity index (χ1v) is 12.4. The molecule has 3 aromatic carbocycles. The van der Waals surface area contributed by atoms with Gasteiger partial charge < -0.3 is 9.47 Å². The molecule has 3 aromatic rings. The summed E-state index contributed by atoms with van der Waals surface area (Å²) in [7, 11) is -1.44. The third kappa shape index (κ3) is 5.83. The van der Waals surface area contributed by atoms with E-state index < -0.39 is 28.3 Å². The van der Waals surface area contributed by atoms with Gasteiger partial charge in [-0.3, -0.25) is 9.10 Å². The van der Waals surface area contributed by atoms with Gasteiger partial charge in [0.25, 0.3) is 15.9 Å². The monoisotopic (exact) mass is 513 g/mol. The van der Waals surface area contributed by atoms with Gasteiger partial charge in [-0.1, -0.05) is 12.1 Å². The number of nitrogens with one attached hydrogen (secondary N) is 1. The number of halogens is 1. The molecule has 0 aromatic heterocycles. The van der Waals surface area contributed by atoms with Gasteiger partial charge in [0.15, 0.2) is 11.5 Å². The molecule has 3 rings (SSSR count). The number of hydrogen-bond acceptors (Lipinski definition) is 6. The minimum absolute atomic E-state index is 0.107. The Morgan fingerprint density at radius 1 is 0.972 bits per heavy atom. The van der Waals surface area contributed by atoms with E-state index in [0.717, 1.165) is 38.7 Å². The van der Waals surface area contributed by atoms with Crippen molar-refractivity contribution in [3.05, 3.63) is 82.7 Å². The summed E-state index contributed by atoms with van der Waals surface area (Å²) in [5, 5.41) is 4.00. The molecule has 1 N–H and O–H groups in total. The van der Waals surface area contributed by atoms with Crippen LogP contribution in [0.1, 0.15) is 22.3 Å². The van der Waals surface area contributed by atoms with Crippen molar-refractivity contribution in [2.45, 2.75) is 25.7 Å². The number of hydrazone groups is 1. The van der Waals surface area contributed by atoms with Gasteiger partial charge in [0, 0.05) is 6.07 Å². The Morgan fingerprint density at radius 2 is 1.64 bits per heavy atom. The van der Waals surface area contributed by atoms with Gasteiger partial charge in [0.05, 0.1) is 31.0 Å². The summed E-state index contributed by atoms with van der Waals surface area (Å²) in [4.78, 5) is 12.6. The number of rotatable bonds is 9. The summed E-state index contributed by atoms with van der Waals surface area (Å²) < 4.78 is 51.9. The van der Waals surface area contributed by atoms with Crippen LogP contribution in [0, 0.1) is 26.6 Å². The molecule has 0 aliphatic rings. The van der Waals surface area contributed by atoms with E-state index >= 15 is 0 Å². The van der Waals surface area contributed by atoms with Crippen molar-refractivity contribution in [1.82, 2.24) is 5.43 Å². The number of ether oxygens (including phenoxy) is 2. The molecule has 0 unspecified atom stereocenters. The van der Waals surface area contributed by atoms with E-state index in [1.807, 2.05) is 32.9 Å². The minimum atomic E-state index is -4.25. The first kappa shape index (κ1) is 26.7. The van der Waals surface area contributed by atoms with Gasteiger partial charge in [-0.05, 0) is 79.4 Å². The zero-order chi connectivity index (χ0) is 26.5. The maximum absolute atomic E-state index is 13.5. The predicted molar refractivity (Wildman–Crippen MR) is 137 cm³/mol. The Kier molecular flexibility index (Phi) is 8.31. The fourth-order valence-corrected chi connectivity index (χ4v) is 4.92. The largest absolute Gasteiger partial charge is 0.493 e. The van der Waals surface area contributed by atoms with E-state index in [9.17, 15) is 17.6 Å². The van der Waals surface area contributed by atoms with Gasteiger partial charge in [0.2, 0.25) is 0 Å². The molecule has 0 aliphatic carbocycles. The highest BCUT2D eigenvalue weighted by atomic mass is 32.2. The summed E-state index contributed by atoms with van der Waals surface area (Å²) in [5.74, 6) is -0.671. The van der Waals surface area contributed by atoms with Crippen LogP contribution in [0.25, 0.3) is 0 Å². The SMILES string of the molecule is COc1ccc(S(=O)(=O)N(CC(=O)N/N=C\c2ccc(C)c(C)c2C)c2ccc(F)cc2)cc1OC. The molecule has 0 heterocycles. The average Bonchev–Trinajstić information content (AvgIpc) is 2.87. The highest BCUT2D eigenvalue weighted by molar-refractivity contribution is 7.92. The van der Waals surface area contributed by atoms with Crippen molar-refractivity contribution in [3.8, 4) is 11.5 Å². The van der Waals surface area contributed by atoms with Crippen molar-refractivity contribution in [2.75, 3.05) is 25.1 Å². The molecule has 0 aliphatic heterocycles. The van der Waals surface area contributed by atoms with Gasteiger partial charge in [0.1, 0.15) is 12.4 Å². The van der Waals surface area contributed by atoms with E-state index in [0.29, 0.717) is 5.75 Å². The predicted octanol–water partition coefficient (Wildman–Crippen LogP) is 4.11. The molecule has 36 heavy (non-hydrogen) atoms. The number of amides is 1. The highest BCUT2D eigenvalue weighted by Crippen LogP contribution is 2.32. The molecule has 1 amide bonds. The number of sulfonamides is 1. The Balaban J connectivity index is 1.90. The van der Waals surface area contributed by atoms with E-state index in [4.69, 9.17) is 9.47 Å². The van der Waals surface area contributed by atoms with Crippen LogP contribution in [0.2, 0.25) is 0 Å². The van der Waals surface area contributed by atoms with Crippen LogP contribution < -0.4 is 19.2 Å². The second kappa shape index (κ2) is 11.2. The lowest BCUT2D eigenvalue weighted by Crippen LogP contribution is -2.39. The quantitative estimate of drug-likeness (QED) is 0.343. The van der Waals surface area contributed by atoms with E-state index in [1.54, 1.807) is 0 Å². The maximum atomic E-state index is 13.5. The number of aryl methyl sites for hydroxylation is 1. The van der Waals surface area contributed by atoms with E-state index in [1.165, 1.54) is 50.8 Å². The maximum Gasteiger partial charge on any atom is 0.264 e. The third-order valence-electron chi connectivity index (χ3n) is 5.84. The number of carbonyl (C=O) groups is 1. The first-order chi connectivity index (χ1) is 17.1. The van der Waals surface area contributed by atoms with Crippen molar-refractivity contribution in [3.63, 3.8) is 0 Å². The second-order valence-corrected chi connectivity index (χ2v) is 9.88. The lowest BCUT2D eigenvalue weighted by molar-refractivity contribution is -0.119. The van der Waals surface area contributed by atoms with Crippen LogP contribution in [0.3, 0.4) is 0 Å². The lowest BCUT2D eigenvalue weighted by atomic mass is 10.00. The van der Waals surface area contributed by atoms with Crippen molar-refractivity contribution in [2.24, 2.45) is 5.10 Å². The van der Waals surface area contributed by atoms with Crippen LogP contribution in [0.15, 0.2) is 64.6 Å². The Hall–Kier alpha value is -3.92. The molecule has 10 heteroatoms. The number of carbonyl (C=O) groups excluding carboxylic acids is 1. The molecule has 0 spiro atoms. The Morgan fingerprint density at radius 3 is 2.28 bits per heavy atom. The first-order valence-electron chi connectivity index (χ1n) is 11.0. The zero-order valence-electron chi connectivity index (χ0n) is 20.7. The molecule has 0 fully saturated rings. The summed E-state index contributed by atoms with van der Waals surface area (Å²) in [5.41, 5.74) is 6.59. The molecule has 0 radical (unpaired) electrons. The van der Waals surface area contributed by atoms with Crippen molar-refractivity contribution >= 4 is 27.8 Å². The Bertz CT molecular complexity index is 1390. The number of anilines is 1. The van der Waals surface area contributed by atoms with Crippen LogP contribution in [0.5, 0.6) is 11.5 Å². The topological polar surface area (TPSA) is 97.3 Å². The summed E-state index contributed by atoms with van der Waals surface area (Å²) in [6, 6.07) is 12.7. The minimum Gasteiger partial charge on any atom is -0.493 e. The second-order valence-electron chi connectivity index (χ2n) is 8.02. The highest BCUT2D eigenvalue weighted by Gasteiger charge is 2.28. The van der Waals surface area contributed by atoms with Gasteiger partial charge in [-0.15, -0.1) is 0 Å². The van der Waals surface area contributed by atoms with Crippen LogP contribution in [-0.4, -0.2) is 41.3 Å². The van der Waals surface area contributed by atoms with E-state index in [-0.39, 0.29) is 16.3 Å². The lowest BCUT2D eigenvalue weighted by Gasteiger charge is -2.24. The summed E-state index contributed by atoms with van der Waals surface area (Å²) in [6.45, 7) is 5.37. The fraction of sp³-hybridized carbons (Fsp3) is 0.231. The normalized spacial score (nSPS) is 11.4. The average molecular weight is 514 g/mol. The van der Waals surface area contributed by atoms with Crippen molar-refractivity contribution in [1.29, 1.82) is 0 Å². The number of methoxy groups -OCH3 is 2. The number of nitrogens with zero attached hydrogens (tertiary/aromatic N) is 2. The van der Waals surface area contributed by atoms with Gasteiger partial charge in [-0.25, -0.2) is 18.2 Å². The summed E-state index contributed by atoms with van der Waals surface area (Å²) in [6.07, 6.45) is 1.50. The smallest absolute Gasteiger partial charge is 0.264 e. The zero-order valence-corrected chi connectivity index (χ0v) is 21.5. The van der Waals surface area contributed by atoms with Crippen LogP contribution in [0.4, 0.5) is 10.1 Å². The Labute approximate surface area is 210 Å². The van der Waals surface area contributed by atoms with Gasteiger partial charge >= 0.3 is 0 Å². The molecule has 0 saturated carbocycles. The molecule has 0 bridgehead atoms. The molecule has 8 nitrogen and oxygen atoms in total. The summed E-state index contributed by atoms with van der Waals surface area (Å²) >= 11 is 0. The molecule has 0 saturated heterocycles. The van der Waals surface area contributed by atoms with Crippen molar-refractivity contribution < 1.29 is 27.1 Å². The number of hydrogen-bond donors (Lipinski definition) is 1.